The molecule has 1 fully saturated rings. The molecule has 1 saturated heterocycles. The standard InChI is InChI=1S/C27H40N4O4S2/c1-6-22-7-9-24(10-8-22)31(19-20(2)3)37(34,35)25-11-12-26(27(17-25)36(5,28)33)29-18-23-13-15-30(16-14-23)21(4)32/h7-12,17,20,23,28-29H,6,13-16,18-19H2,1-5H3. The number of carbonyl (C=O) groups is 1. The number of hydrogen-bond donors (Lipinski definition) is 2. The number of hydrogen-bond acceptors (Lipinski definition) is 6. The average Bonchev–Trinajstić information content (AvgIpc) is 2.85. The topological polar surface area (TPSA) is 111 Å². The van der Waals surface area contributed by atoms with Crippen LogP contribution in [0.25, 0.3) is 0 Å². The number of sulfonamides is 1. The molecule has 1 atom stereocenters. The third kappa shape index (κ3) is 7.25. The third-order valence-electron chi connectivity index (χ3n) is 6.77. The molecule has 0 bridgehead atoms. The summed E-state index contributed by atoms with van der Waals surface area (Å²) in [7, 11) is -7.17. The molecule has 0 aromatic heterocycles. The molecule has 2 aromatic carbocycles. The van der Waals surface area contributed by atoms with E-state index < -0.39 is 19.8 Å². The van der Waals surface area contributed by atoms with E-state index in [0.717, 1.165) is 24.8 Å². The van der Waals surface area contributed by atoms with Crippen LogP contribution in [0.2, 0.25) is 0 Å². The zero-order chi connectivity index (χ0) is 27.4. The molecule has 1 aliphatic heterocycles. The van der Waals surface area contributed by atoms with E-state index in [-0.39, 0.29) is 21.6 Å². The molecule has 0 aliphatic carbocycles. The lowest BCUT2D eigenvalue weighted by Gasteiger charge is -2.31. The van der Waals surface area contributed by atoms with Gasteiger partial charge in [-0.05, 0) is 67.0 Å². The number of rotatable bonds is 10. The van der Waals surface area contributed by atoms with Crippen LogP contribution in [0.4, 0.5) is 11.4 Å². The van der Waals surface area contributed by atoms with Gasteiger partial charge in [0.1, 0.15) is 0 Å². The van der Waals surface area contributed by atoms with Gasteiger partial charge >= 0.3 is 0 Å². The Morgan fingerprint density at radius 3 is 2.24 bits per heavy atom. The number of likely N-dealkylation sites (tertiary alicyclic amines) is 1. The molecule has 204 valence electrons. The van der Waals surface area contributed by atoms with Gasteiger partial charge in [-0.1, -0.05) is 32.9 Å². The molecule has 10 heteroatoms. The van der Waals surface area contributed by atoms with Crippen molar-refractivity contribution in [1.29, 1.82) is 4.78 Å². The van der Waals surface area contributed by atoms with Crippen molar-refractivity contribution in [3.05, 3.63) is 48.0 Å². The van der Waals surface area contributed by atoms with Crippen molar-refractivity contribution in [1.82, 2.24) is 4.90 Å². The molecule has 0 saturated carbocycles. The number of benzene rings is 2. The Labute approximate surface area is 222 Å². The fraction of sp³-hybridized carbons (Fsp3) is 0.519. The molecule has 0 radical (unpaired) electrons. The predicted octanol–water partition coefficient (Wildman–Crippen LogP) is 4.81. The summed E-state index contributed by atoms with van der Waals surface area (Å²) in [5.74, 6) is 0.499. The Kier molecular flexibility index (Phi) is 9.28. The molecule has 1 amide bonds. The highest BCUT2D eigenvalue weighted by Gasteiger charge is 2.28. The van der Waals surface area contributed by atoms with Crippen LogP contribution in [0.5, 0.6) is 0 Å². The van der Waals surface area contributed by atoms with Crippen LogP contribution in [0.1, 0.15) is 46.1 Å². The molecule has 8 nitrogen and oxygen atoms in total. The Balaban J connectivity index is 1.90. The van der Waals surface area contributed by atoms with E-state index in [1.165, 1.54) is 22.7 Å². The first-order chi connectivity index (χ1) is 17.3. The van der Waals surface area contributed by atoms with Crippen molar-refractivity contribution < 1.29 is 17.4 Å². The largest absolute Gasteiger partial charge is 0.384 e. The fourth-order valence-electron chi connectivity index (χ4n) is 4.54. The first-order valence-corrected chi connectivity index (χ1v) is 16.2. The van der Waals surface area contributed by atoms with Gasteiger partial charge in [-0.2, -0.15) is 0 Å². The van der Waals surface area contributed by atoms with Crippen molar-refractivity contribution in [2.24, 2.45) is 11.8 Å². The zero-order valence-electron chi connectivity index (χ0n) is 22.5. The third-order valence-corrected chi connectivity index (χ3v) is 9.73. The number of amides is 1. The van der Waals surface area contributed by atoms with E-state index in [1.54, 1.807) is 13.0 Å². The first-order valence-electron chi connectivity index (χ1n) is 12.8. The molecule has 1 unspecified atom stereocenters. The second-order valence-corrected chi connectivity index (χ2v) is 14.3. The first kappa shape index (κ1) is 29.0. The number of nitrogens with zero attached hydrogens (tertiary/aromatic N) is 2. The lowest BCUT2D eigenvalue weighted by molar-refractivity contribution is -0.130. The summed E-state index contributed by atoms with van der Waals surface area (Å²) in [5.41, 5.74) is 2.21. The molecule has 3 rings (SSSR count). The lowest BCUT2D eigenvalue weighted by atomic mass is 9.96. The van der Waals surface area contributed by atoms with Gasteiger partial charge in [-0.25, -0.2) is 17.4 Å². The minimum atomic E-state index is -3.96. The van der Waals surface area contributed by atoms with Gasteiger partial charge in [0.15, 0.2) is 0 Å². The van der Waals surface area contributed by atoms with Crippen LogP contribution in [0.3, 0.4) is 0 Å². The highest BCUT2D eigenvalue weighted by atomic mass is 32.2. The van der Waals surface area contributed by atoms with E-state index in [0.29, 0.717) is 43.5 Å². The summed E-state index contributed by atoms with van der Waals surface area (Å²) in [6.45, 7) is 9.87. The van der Waals surface area contributed by atoms with Crippen LogP contribution in [-0.4, -0.2) is 55.9 Å². The Morgan fingerprint density at radius 2 is 1.73 bits per heavy atom. The van der Waals surface area contributed by atoms with Gasteiger partial charge in [-0.3, -0.25) is 9.10 Å². The number of nitrogens with one attached hydrogen (secondary N) is 2. The summed E-state index contributed by atoms with van der Waals surface area (Å²) in [6.07, 6.45) is 3.89. The average molecular weight is 549 g/mol. The Hall–Kier alpha value is -2.59. The number of anilines is 2. The molecule has 1 heterocycles. The van der Waals surface area contributed by atoms with Gasteiger partial charge in [0.25, 0.3) is 10.0 Å². The quantitative estimate of drug-likeness (QED) is 0.443. The maximum absolute atomic E-state index is 13.8. The summed E-state index contributed by atoms with van der Waals surface area (Å²) in [6, 6.07) is 12.0. The van der Waals surface area contributed by atoms with E-state index in [9.17, 15) is 17.4 Å². The van der Waals surface area contributed by atoms with E-state index in [4.69, 9.17) is 4.78 Å². The van der Waals surface area contributed by atoms with Crippen LogP contribution in [0.15, 0.2) is 52.3 Å². The van der Waals surface area contributed by atoms with E-state index in [2.05, 4.69) is 5.32 Å². The van der Waals surface area contributed by atoms with Crippen LogP contribution >= 0.6 is 0 Å². The summed E-state index contributed by atoms with van der Waals surface area (Å²) < 4.78 is 50.2. The van der Waals surface area contributed by atoms with E-state index >= 15 is 0 Å². The SMILES string of the molecule is CCc1ccc(N(CC(C)C)S(=O)(=O)c2ccc(NCC3CCN(C(C)=O)CC3)c(S(C)(=N)=O)c2)cc1. The minimum absolute atomic E-state index is 0.0184. The van der Waals surface area contributed by atoms with Gasteiger partial charge in [0.2, 0.25) is 5.91 Å². The highest BCUT2D eigenvalue weighted by molar-refractivity contribution is 7.93. The van der Waals surface area contributed by atoms with Crippen molar-refractivity contribution in [2.45, 2.75) is 56.7 Å². The number of aryl methyl sites for hydroxylation is 1. The van der Waals surface area contributed by atoms with E-state index in [1.807, 2.05) is 49.9 Å². The second kappa shape index (κ2) is 11.9. The summed E-state index contributed by atoms with van der Waals surface area (Å²) >= 11 is 0. The van der Waals surface area contributed by atoms with Gasteiger partial charge in [0, 0.05) is 39.4 Å². The number of piperidine rings is 1. The van der Waals surface area contributed by atoms with Gasteiger partial charge in [-0.15, -0.1) is 0 Å². The fourth-order valence-corrected chi connectivity index (χ4v) is 7.18. The van der Waals surface area contributed by atoms with Crippen molar-refractivity contribution in [3.8, 4) is 0 Å². The maximum Gasteiger partial charge on any atom is 0.264 e. The Bertz CT molecular complexity index is 1300. The molecule has 2 aromatic rings. The molecule has 0 spiro atoms. The van der Waals surface area contributed by atoms with Crippen molar-refractivity contribution in [2.75, 3.05) is 42.1 Å². The lowest BCUT2D eigenvalue weighted by Crippen LogP contribution is -2.38. The van der Waals surface area contributed by atoms with Crippen LogP contribution < -0.4 is 9.62 Å². The van der Waals surface area contributed by atoms with Gasteiger partial charge < -0.3 is 10.2 Å². The summed E-state index contributed by atoms with van der Waals surface area (Å²) in [4.78, 5) is 13.6. The monoisotopic (exact) mass is 548 g/mol. The highest BCUT2D eigenvalue weighted by Crippen LogP contribution is 2.31. The normalized spacial score (nSPS) is 16.4. The zero-order valence-corrected chi connectivity index (χ0v) is 24.1. The summed E-state index contributed by atoms with van der Waals surface area (Å²) in [5, 5.41) is 3.31. The van der Waals surface area contributed by atoms with Crippen molar-refractivity contribution >= 4 is 37.0 Å². The predicted molar refractivity (Wildman–Crippen MR) is 150 cm³/mol. The second-order valence-electron chi connectivity index (χ2n) is 10.3. The minimum Gasteiger partial charge on any atom is -0.384 e. The van der Waals surface area contributed by atoms with Gasteiger partial charge in [0.05, 0.1) is 30.9 Å². The molecule has 2 N–H and O–H groups in total. The van der Waals surface area contributed by atoms with Crippen LogP contribution in [-0.2, 0) is 31.0 Å². The molecule has 37 heavy (non-hydrogen) atoms. The Morgan fingerprint density at radius 1 is 1.11 bits per heavy atom. The smallest absolute Gasteiger partial charge is 0.264 e. The molecular formula is C27H40N4O4S2. The molecular weight excluding hydrogens is 508 g/mol. The maximum atomic E-state index is 13.8. The van der Waals surface area contributed by atoms with Crippen molar-refractivity contribution in [3.63, 3.8) is 0 Å². The van der Waals surface area contributed by atoms with Crippen LogP contribution in [0, 0.1) is 16.6 Å². The number of carbonyl (C=O) groups excluding carboxylic acids is 1. The molecule has 1 aliphatic rings.